The van der Waals surface area contributed by atoms with E-state index in [1.54, 1.807) is 0 Å². The molecule has 12 heteroatoms. The number of anilines is 1. The molecule has 0 radical (unpaired) electrons. The lowest BCUT2D eigenvalue weighted by Crippen LogP contribution is -2.35. The first-order chi connectivity index (χ1) is 12.8. The maximum absolute atomic E-state index is 10.8. The van der Waals surface area contributed by atoms with Gasteiger partial charge in [-0.3, -0.25) is 4.57 Å². The Morgan fingerprint density at radius 2 is 2.22 bits per heavy atom. The van der Waals surface area contributed by atoms with Crippen molar-refractivity contribution in [1.82, 2.24) is 19.5 Å². The van der Waals surface area contributed by atoms with Crippen LogP contribution in [-0.4, -0.2) is 72.3 Å². The van der Waals surface area contributed by atoms with Gasteiger partial charge in [0.25, 0.3) is 0 Å². The standard InChI is InChI=1S/C15H18ClN5O6/c1-3-9(23)13(27-8(4-22)5-26-7(2)14(24)25)21-6-18-10-11(17)19-15(16)20-12(10)21/h1,6-9,13,22-23H,4-5H2,2H3,(H,24,25)(H2,17,19,20)/t7?,8-,9+,13+/m0/s1. The average molecular weight is 400 g/mol. The Morgan fingerprint density at radius 3 is 2.81 bits per heavy atom. The van der Waals surface area contributed by atoms with E-state index in [1.165, 1.54) is 17.8 Å². The predicted molar refractivity (Wildman–Crippen MR) is 93.6 cm³/mol. The van der Waals surface area contributed by atoms with E-state index in [9.17, 15) is 15.0 Å². The number of nitrogens with zero attached hydrogens (tertiary/aromatic N) is 4. The van der Waals surface area contributed by atoms with Crippen molar-refractivity contribution < 1.29 is 29.6 Å². The number of nitrogen functional groups attached to an aromatic ring is 1. The van der Waals surface area contributed by atoms with Crippen LogP contribution in [0.5, 0.6) is 0 Å². The first kappa shape index (κ1) is 20.8. The Balaban J connectivity index is 2.30. The highest BCUT2D eigenvalue weighted by atomic mass is 35.5. The van der Waals surface area contributed by atoms with Gasteiger partial charge in [0, 0.05) is 0 Å². The SMILES string of the molecule is C#C[C@@H](O)[C@@H](O[C@@H](CO)COC(C)C(=O)O)n1cnc2c(N)nc(Cl)nc21. The third-order valence-corrected chi connectivity index (χ3v) is 3.72. The van der Waals surface area contributed by atoms with E-state index in [2.05, 4.69) is 20.9 Å². The van der Waals surface area contributed by atoms with Gasteiger partial charge in [-0.25, -0.2) is 9.78 Å². The van der Waals surface area contributed by atoms with Gasteiger partial charge in [-0.05, 0) is 18.5 Å². The van der Waals surface area contributed by atoms with Crippen molar-refractivity contribution in [2.24, 2.45) is 0 Å². The molecular weight excluding hydrogens is 382 g/mol. The zero-order valence-corrected chi connectivity index (χ0v) is 14.9. The number of carbonyl (C=O) groups is 1. The molecule has 0 saturated carbocycles. The van der Waals surface area contributed by atoms with E-state index < -0.39 is 37.1 Å². The van der Waals surface area contributed by atoms with Crippen LogP contribution in [-0.2, 0) is 14.3 Å². The summed E-state index contributed by atoms with van der Waals surface area (Å²) in [4.78, 5) is 22.7. The van der Waals surface area contributed by atoms with Gasteiger partial charge in [0.05, 0.1) is 19.5 Å². The van der Waals surface area contributed by atoms with E-state index in [0.717, 1.165) is 0 Å². The Morgan fingerprint density at radius 1 is 1.52 bits per heavy atom. The number of ether oxygens (including phenoxy) is 2. The molecule has 27 heavy (non-hydrogen) atoms. The second-order valence-electron chi connectivity index (χ2n) is 5.46. The number of aliphatic hydroxyl groups excluding tert-OH is 2. The van der Waals surface area contributed by atoms with E-state index in [0.29, 0.717) is 0 Å². The molecule has 2 aromatic rings. The van der Waals surface area contributed by atoms with Crippen LogP contribution in [0.4, 0.5) is 5.82 Å². The first-order valence-electron chi connectivity index (χ1n) is 7.69. The fourth-order valence-electron chi connectivity index (χ4n) is 2.13. The van der Waals surface area contributed by atoms with Crippen LogP contribution < -0.4 is 5.73 Å². The summed E-state index contributed by atoms with van der Waals surface area (Å²) in [6.07, 6.45) is 1.77. The van der Waals surface area contributed by atoms with Crippen molar-refractivity contribution in [1.29, 1.82) is 0 Å². The van der Waals surface area contributed by atoms with Gasteiger partial charge in [-0.1, -0.05) is 5.92 Å². The Bertz CT molecular complexity index is 853. The van der Waals surface area contributed by atoms with Gasteiger partial charge in [-0.2, -0.15) is 9.97 Å². The molecule has 2 rings (SSSR count). The molecule has 0 fully saturated rings. The number of carboxylic acids is 1. The smallest absolute Gasteiger partial charge is 0.332 e. The molecular formula is C15H18ClN5O6. The molecule has 5 N–H and O–H groups in total. The predicted octanol–water partition coefficient (Wildman–Crippen LogP) is -0.578. The molecule has 0 aliphatic heterocycles. The van der Waals surface area contributed by atoms with E-state index >= 15 is 0 Å². The van der Waals surface area contributed by atoms with Crippen LogP contribution in [0.25, 0.3) is 11.2 Å². The number of aliphatic hydroxyl groups is 2. The number of carboxylic acid groups (broad SMARTS) is 1. The summed E-state index contributed by atoms with van der Waals surface area (Å²) in [5, 5.41) is 28.4. The third-order valence-electron chi connectivity index (χ3n) is 3.55. The number of aliphatic carboxylic acids is 1. The number of fused-ring (bicyclic) bond motifs is 1. The van der Waals surface area contributed by atoms with E-state index in [4.69, 9.17) is 38.3 Å². The molecule has 11 nitrogen and oxygen atoms in total. The Hall–Kier alpha value is -2.49. The van der Waals surface area contributed by atoms with E-state index in [-0.39, 0.29) is 28.9 Å². The number of halogens is 1. The fourth-order valence-corrected chi connectivity index (χ4v) is 2.30. The summed E-state index contributed by atoms with van der Waals surface area (Å²) in [7, 11) is 0. The van der Waals surface area contributed by atoms with Crippen molar-refractivity contribution in [2.45, 2.75) is 31.5 Å². The van der Waals surface area contributed by atoms with Crippen molar-refractivity contribution in [3.05, 3.63) is 11.6 Å². The van der Waals surface area contributed by atoms with Gasteiger partial charge in [0.2, 0.25) is 5.28 Å². The summed E-state index contributed by atoms with van der Waals surface area (Å²) in [6.45, 7) is 0.544. The summed E-state index contributed by atoms with van der Waals surface area (Å²) in [6, 6.07) is 0. The highest BCUT2D eigenvalue weighted by Crippen LogP contribution is 2.25. The number of imidazole rings is 1. The highest BCUT2D eigenvalue weighted by molar-refractivity contribution is 6.28. The van der Waals surface area contributed by atoms with Crippen molar-refractivity contribution >= 4 is 34.6 Å². The number of nitrogens with two attached hydrogens (primary N) is 1. The lowest BCUT2D eigenvalue weighted by Gasteiger charge is -2.26. The van der Waals surface area contributed by atoms with Crippen molar-refractivity contribution in [3.63, 3.8) is 0 Å². The molecule has 146 valence electrons. The normalized spacial score (nSPS) is 15.8. The highest BCUT2D eigenvalue weighted by Gasteiger charge is 2.28. The molecule has 2 aromatic heterocycles. The quantitative estimate of drug-likeness (QED) is 0.316. The second kappa shape index (κ2) is 8.94. The minimum atomic E-state index is -1.46. The van der Waals surface area contributed by atoms with Crippen LogP contribution in [0.2, 0.25) is 5.28 Å². The van der Waals surface area contributed by atoms with Crippen LogP contribution in [0.3, 0.4) is 0 Å². The Kier molecular flexibility index (Phi) is 6.89. The summed E-state index contributed by atoms with van der Waals surface area (Å²) >= 11 is 5.82. The van der Waals surface area contributed by atoms with Gasteiger partial charge >= 0.3 is 5.97 Å². The fraction of sp³-hybridized carbons (Fsp3) is 0.467. The molecule has 0 spiro atoms. The van der Waals surface area contributed by atoms with Gasteiger partial charge < -0.3 is 30.5 Å². The van der Waals surface area contributed by atoms with Gasteiger partial charge in [0.15, 0.2) is 29.9 Å². The van der Waals surface area contributed by atoms with Crippen molar-refractivity contribution in [2.75, 3.05) is 18.9 Å². The maximum Gasteiger partial charge on any atom is 0.332 e. The summed E-state index contributed by atoms with van der Waals surface area (Å²) < 4.78 is 12.0. The van der Waals surface area contributed by atoms with Crippen LogP contribution in [0.15, 0.2) is 6.33 Å². The second-order valence-corrected chi connectivity index (χ2v) is 5.80. The van der Waals surface area contributed by atoms with Crippen LogP contribution >= 0.6 is 11.6 Å². The van der Waals surface area contributed by atoms with E-state index in [1.807, 2.05) is 0 Å². The van der Waals surface area contributed by atoms with Crippen LogP contribution in [0.1, 0.15) is 13.2 Å². The van der Waals surface area contributed by atoms with Crippen molar-refractivity contribution in [3.8, 4) is 12.3 Å². The maximum atomic E-state index is 10.8. The lowest BCUT2D eigenvalue weighted by molar-refractivity contribution is -0.161. The number of aromatic nitrogens is 4. The topological polar surface area (TPSA) is 166 Å². The monoisotopic (exact) mass is 399 g/mol. The molecule has 0 aliphatic rings. The molecule has 0 amide bonds. The molecule has 4 atom stereocenters. The molecule has 0 saturated heterocycles. The average Bonchev–Trinajstić information content (AvgIpc) is 3.04. The minimum Gasteiger partial charge on any atom is -0.479 e. The molecule has 2 heterocycles. The van der Waals surface area contributed by atoms with Gasteiger partial charge in [0.1, 0.15) is 11.6 Å². The molecule has 0 aliphatic carbocycles. The number of hydrogen-bond acceptors (Lipinski definition) is 9. The minimum absolute atomic E-state index is 0.0232. The molecule has 0 aromatic carbocycles. The zero-order valence-electron chi connectivity index (χ0n) is 14.2. The van der Waals surface area contributed by atoms with Gasteiger partial charge in [-0.15, -0.1) is 6.42 Å². The lowest BCUT2D eigenvalue weighted by atomic mass is 10.3. The molecule has 1 unspecified atom stereocenters. The number of terminal acetylenes is 1. The summed E-state index contributed by atoms with van der Waals surface area (Å²) in [5.74, 6) is 0.969. The van der Waals surface area contributed by atoms with Crippen LogP contribution in [0, 0.1) is 12.3 Å². The summed E-state index contributed by atoms with van der Waals surface area (Å²) in [5.41, 5.74) is 6.12. The molecule has 0 bridgehead atoms. The largest absolute Gasteiger partial charge is 0.479 e. The first-order valence-corrected chi connectivity index (χ1v) is 8.06. The number of rotatable bonds is 9. The zero-order chi connectivity index (χ0) is 20.1. The number of hydrogen-bond donors (Lipinski definition) is 4. The third kappa shape index (κ3) is 4.82. The Labute approximate surface area is 158 Å².